The van der Waals surface area contributed by atoms with Gasteiger partial charge in [-0.1, -0.05) is 56.3 Å². The summed E-state index contributed by atoms with van der Waals surface area (Å²) in [6, 6.07) is 17.0. The monoisotopic (exact) mass is 393 g/mol. The van der Waals surface area contributed by atoms with Gasteiger partial charge in [0.1, 0.15) is 11.6 Å². The molecule has 0 atom stereocenters. The van der Waals surface area contributed by atoms with Gasteiger partial charge in [-0.2, -0.15) is 0 Å². The molecule has 0 saturated heterocycles. The lowest BCUT2D eigenvalue weighted by molar-refractivity contribution is 0.502. The van der Waals surface area contributed by atoms with Crippen molar-refractivity contribution in [3.8, 4) is 0 Å². The zero-order chi connectivity index (χ0) is 20.7. The summed E-state index contributed by atoms with van der Waals surface area (Å²) in [6.07, 6.45) is 3.79. The molecule has 2 N–H and O–H groups in total. The molecule has 1 heterocycles. The van der Waals surface area contributed by atoms with Crippen molar-refractivity contribution in [3.63, 3.8) is 0 Å². The largest absolute Gasteiger partial charge is 0.356 e. The van der Waals surface area contributed by atoms with Gasteiger partial charge in [0.05, 0.1) is 6.54 Å². The molecule has 0 aliphatic heterocycles. The van der Waals surface area contributed by atoms with Gasteiger partial charge in [-0.05, 0) is 23.3 Å². The molecule has 152 valence electrons. The molecular weight excluding hydrogens is 365 g/mol. The predicted molar refractivity (Wildman–Crippen MR) is 115 cm³/mol. The van der Waals surface area contributed by atoms with Gasteiger partial charge in [-0.3, -0.25) is 4.99 Å². The van der Waals surface area contributed by atoms with E-state index in [1.807, 2.05) is 36.7 Å². The molecule has 0 aliphatic rings. The molecule has 0 saturated carbocycles. The van der Waals surface area contributed by atoms with Crippen LogP contribution in [0.1, 0.15) is 30.8 Å². The lowest BCUT2D eigenvalue weighted by Gasteiger charge is -2.26. The highest BCUT2D eigenvalue weighted by Crippen LogP contribution is 2.22. The Morgan fingerprint density at radius 2 is 1.90 bits per heavy atom. The maximum atomic E-state index is 13.6. The van der Waals surface area contributed by atoms with Crippen LogP contribution in [0.15, 0.2) is 72.0 Å². The average molecular weight is 394 g/mol. The van der Waals surface area contributed by atoms with E-state index >= 15 is 0 Å². The number of hydrogen-bond acceptors (Lipinski definition) is 2. The van der Waals surface area contributed by atoms with Gasteiger partial charge in [0.15, 0.2) is 5.96 Å². The van der Waals surface area contributed by atoms with Crippen molar-refractivity contribution >= 4 is 5.96 Å². The van der Waals surface area contributed by atoms with Gasteiger partial charge in [0.2, 0.25) is 0 Å². The number of halogens is 1. The highest BCUT2D eigenvalue weighted by atomic mass is 19.1. The molecule has 2 aromatic carbocycles. The van der Waals surface area contributed by atoms with Crippen LogP contribution >= 0.6 is 0 Å². The smallest absolute Gasteiger partial charge is 0.191 e. The molecule has 0 unspecified atom stereocenters. The Morgan fingerprint density at radius 1 is 1.10 bits per heavy atom. The molecule has 5 nitrogen and oxygen atoms in total. The molecule has 29 heavy (non-hydrogen) atoms. The van der Waals surface area contributed by atoms with Crippen LogP contribution in [0.2, 0.25) is 0 Å². The number of rotatable bonds is 7. The first-order valence-corrected chi connectivity index (χ1v) is 9.72. The molecule has 6 heteroatoms. The summed E-state index contributed by atoms with van der Waals surface area (Å²) < 4.78 is 15.7. The number of benzene rings is 2. The predicted octanol–water partition coefficient (Wildman–Crippen LogP) is 3.71. The summed E-state index contributed by atoms with van der Waals surface area (Å²) in [4.78, 5) is 8.76. The number of imidazole rings is 1. The molecule has 3 rings (SSSR count). The summed E-state index contributed by atoms with van der Waals surface area (Å²) in [7, 11) is 1.74. The molecule has 0 spiro atoms. The van der Waals surface area contributed by atoms with Crippen LogP contribution in [0.3, 0.4) is 0 Å². The van der Waals surface area contributed by atoms with Gasteiger partial charge in [0, 0.05) is 37.9 Å². The van der Waals surface area contributed by atoms with Crippen LogP contribution in [-0.2, 0) is 18.5 Å². The van der Waals surface area contributed by atoms with E-state index in [0.29, 0.717) is 19.0 Å². The topological polar surface area (TPSA) is 54.2 Å². The summed E-state index contributed by atoms with van der Waals surface area (Å²) in [5.74, 6) is 1.40. The molecule has 1 aromatic heterocycles. The second kappa shape index (κ2) is 9.37. The van der Waals surface area contributed by atoms with E-state index in [1.54, 1.807) is 19.2 Å². The van der Waals surface area contributed by atoms with Crippen molar-refractivity contribution in [1.82, 2.24) is 20.2 Å². The van der Waals surface area contributed by atoms with E-state index in [-0.39, 0.29) is 11.2 Å². The van der Waals surface area contributed by atoms with Gasteiger partial charge < -0.3 is 15.2 Å². The normalized spacial score (nSPS) is 12.1. The molecular formula is C23H28FN5. The van der Waals surface area contributed by atoms with Crippen molar-refractivity contribution in [3.05, 3.63) is 89.8 Å². The summed E-state index contributed by atoms with van der Waals surface area (Å²) >= 11 is 0. The van der Waals surface area contributed by atoms with E-state index in [9.17, 15) is 4.39 Å². The van der Waals surface area contributed by atoms with E-state index in [4.69, 9.17) is 0 Å². The Bertz CT molecular complexity index is 947. The van der Waals surface area contributed by atoms with Crippen LogP contribution in [0.4, 0.5) is 4.39 Å². The molecule has 0 aliphatic carbocycles. The third-order valence-corrected chi connectivity index (χ3v) is 4.94. The molecule has 0 amide bonds. The molecule has 0 radical (unpaired) electrons. The van der Waals surface area contributed by atoms with Crippen LogP contribution in [0, 0.1) is 5.82 Å². The van der Waals surface area contributed by atoms with Crippen molar-refractivity contribution in [2.75, 3.05) is 13.6 Å². The Labute approximate surface area is 171 Å². The van der Waals surface area contributed by atoms with Crippen LogP contribution in [0.25, 0.3) is 0 Å². The second-order valence-corrected chi connectivity index (χ2v) is 7.63. The Morgan fingerprint density at radius 3 is 2.62 bits per heavy atom. The summed E-state index contributed by atoms with van der Waals surface area (Å²) in [5.41, 5.74) is 1.93. The van der Waals surface area contributed by atoms with Crippen molar-refractivity contribution in [1.29, 1.82) is 0 Å². The SMILES string of the molecule is CN=C(NCc1nccn1Cc1ccccc1)NCC(C)(C)c1cccc(F)c1. The van der Waals surface area contributed by atoms with E-state index in [0.717, 1.165) is 17.9 Å². The van der Waals surface area contributed by atoms with E-state index in [1.165, 1.54) is 11.6 Å². The van der Waals surface area contributed by atoms with Gasteiger partial charge in [0.25, 0.3) is 0 Å². The fourth-order valence-corrected chi connectivity index (χ4v) is 3.13. The second-order valence-electron chi connectivity index (χ2n) is 7.63. The molecule has 0 bridgehead atoms. The zero-order valence-electron chi connectivity index (χ0n) is 17.2. The number of aromatic nitrogens is 2. The maximum absolute atomic E-state index is 13.6. The van der Waals surface area contributed by atoms with Crippen molar-refractivity contribution < 1.29 is 4.39 Å². The number of nitrogens with zero attached hydrogens (tertiary/aromatic N) is 3. The minimum Gasteiger partial charge on any atom is -0.356 e. The Balaban J connectivity index is 1.57. The van der Waals surface area contributed by atoms with Crippen LogP contribution in [0.5, 0.6) is 0 Å². The van der Waals surface area contributed by atoms with Crippen molar-refractivity contribution in [2.24, 2.45) is 4.99 Å². The number of nitrogens with one attached hydrogen (secondary N) is 2. The van der Waals surface area contributed by atoms with Gasteiger partial charge >= 0.3 is 0 Å². The standard InChI is InChI=1S/C23H28FN5/c1-23(2,19-10-7-11-20(24)14-19)17-28-22(25-3)27-15-21-26-12-13-29(21)16-18-8-5-4-6-9-18/h4-14H,15-17H2,1-3H3,(H2,25,27,28). The number of guanidine groups is 1. The maximum Gasteiger partial charge on any atom is 0.191 e. The van der Waals surface area contributed by atoms with Gasteiger partial charge in [-0.25, -0.2) is 9.37 Å². The minimum absolute atomic E-state index is 0.219. The minimum atomic E-state index is -0.245. The first-order valence-electron chi connectivity index (χ1n) is 9.72. The number of aliphatic imine (C=N–C) groups is 1. The summed E-state index contributed by atoms with van der Waals surface area (Å²) in [5, 5.41) is 6.65. The fourth-order valence-electron chi connectivity index (χ4n) is 3.13. The fraction of sp³-hybridized carbons (Fsp3) is 0.304. The lowest BCUT2D eigenvalue weighted by Crippen LogP contribution is -2.43. The van der Waals surface area contributed by atoms with E-state index < -0.39 is 0 Å². The van der Waals surface area contributed by atoms with Crippen LogP contribution < -0.4 is 10.6 Å². The first-order chi connectivity index (χ1) is 14.0. The highest BCUT2D eigenvalue weighted by Gasteiger charge is 2.21. The lowest BCUT2D eigenvalue weighted by atomic mass is 9.84. The third-order valence-electron chi connectivity index (χ3n) is 4.94. The Kier molecular flexibility index (Phi) is 6.65. The summed E-state index contributed by atoms with van der Waals surface area (Å²) in [6.45, 7) is 6.11. The Hall–Kier alpha value is -3.15. The quantitative estimate of drug-likeness (QED) is 0.475. The average Bonchev–Trinajstić information content (AvgIpc) is 3.16. The third kappa shape index (κ3) is 5.67. The van der Waals surface area contributed by atoms with Crippen LogP contribution in [-0.4, -0.2) is 29.1 Å². The first kappa shape index (κ1) is 20.6. The number of hydrogen-bond donors (Lipinski definition) is 2. The van der Waals surface area contributed by atoms with E-state index in [2.05, 4.69) is 51.2 Å². The van der Waals surface area contributed by atoms with Gasteiger partial charge in [-0.15, -0.1) is 0 Å². The zero-order valence-corrected chi connectivity index (χ0v) is 17.2. The van der Waals surface area contributed by atoms with Crippen molar-refractivity contribution in [2.45, 2.75) is 32.4 Å². The highest BCUT2D eigenvalue weighted by molar-refractivity contribution is 5.79. The molecule has 3 aromatic rings. The molecule has 0 fully saturated rings.